The number of aryl methyl sites for hydroxylation is 2. The molecule has 0 aromatic carbocycles. The lowest BCUT2D eigenvalue weighted by molar-refractivity contribution is 0.403. The Balaban J connectivity index is 2.52. The van der Waals surface area contributed by atoms with Gasteiger partial charge in [-0.2, -0.15) is 21.2 Å². The van der Waals surface area contributed by atoms with Gasteiger partial charge in [0, 0.05) is 23.8 Å². The zero-order chi connectivity index (χ0) is 15.8. The molecule has 1 N–H and O–H groups in total. The highest BCUT2D eigenvalue weighted by Crippen LogP contribution is 2.30. The summed E-state index contributed by atoms with van der Waals surface area (Å²) < 4.78 is 51.2. The lowest BCUT2D eigenvalue weighted by Crippen LogP contribution is -2.50. The lowest BCUT2D eigenvalue weighted by atomic mass is 10.4. The van der Waals surface area contributed by atoms with Crippen LogP contribution in [0.4, 0.5) is 0 Å². The minimum absolute atomic E-state index is 0.0758. The Morgan fingerprint density at radius 1 is 1.33 bits per heavy atom. The highest BCUT2D eigenvalue weighted by atomic mass is 32.2. The number of H-pyrrole nitrogens is 1. The average Bonchev–Trinajstić information content (AvgIpc) is 2.78. The molecular weight excluding hydrogens is 334 g/mol. The van der Waals surface area contributed by atoms with Crippen LogP contribution in [0.25, 0.3) is 0 Å². The van der Waals surface area contributed by atoms with Gasteiger partial charge in [-0.3, -0.25) is 5.10 Å². The Morgan fingerprint density at radius 3 is 2.52 bits per heavy atom. The maximum atomic E-state index is 12.9. The van der Waals surface area contributed by atoms with Gasteiger partial charge in [-0.05, 0) is 13.8 Å². The first-order valence-corrected chi connectivity index (χ1v) is 10.9. The van der Waals surface area contributed by atoms with Crippen molar-refractivity contribution < 1.29 is 16.8 Å². The third-order valence-corrected chi connectivity index (χ3v) is 9.08. The Bertz CT molecular complexity index is 704. The first-order chi connectivity index (χ1) is 9.71. The summed E-state index contributed by atoms with van der Waals surface area (Å²) in [5.41, 5.74) is 0.789. The summed E-state index contributed by atoms with van der Waals surface area (Å²) in [5, 5.41) is 5.54. The molecule has 21 heavy (non-hydrogen) atoms. The van der Waals surface area contributed by atoms with Crippen LogP contribution >= 0.6 is 11.8 Å². The fourth-order valence-electron chi connectivity index (χ4n) is 2.35. The number of hydrogen-bond acceptors (Lipinski definition) is 6. The van der Waals surface area contributed by atoms with Crippen molar-refractivity contribution in [2.24, 2.45) is 0 Å². The Labute approximate surface area is 129 Å². The van der Waals surface area contributed by atoms with Gasteiger partial charge in [-0.25, -0.2) is 16.8 Å². The second-order valence-electron chi connectivity index (χ2n) is 4.86. The SMILES string of the molecule is CCS(=O)(=O)C1CSCCN1S(=O)(=O)c1c(C)n[nH]c1C. The van der Waals surface area contributed by atoms with Crippen LogP contribution in [0, 0.1) is 13.8 Å². The number of nitrogens with one attached hydrogen (secondary N) is 1. The highest BCUT2D eigenvalue weighted by molar-refractivity contribution is 8.01. The molecule has 1 aliphatic heterocycles. The topological polar surface area (TPSA) is 100 Å². The Kier molecular flexibility index (Phi) is 4.72. The smallest absolute Gasteiger partial charge is 0.247 e. The van der Waals surface area contributed by atoms with E-state index in [1.807, 2.05) is 0 Å². The molecule has 0 aliphatic carbocycles. The van der Waals surface area contributed by atoms with Gasteiger partial charge in [0.15, 0.2) is 9.84 Å². The van der Waals surface area contributed by atoms with E-state index in [-0.39, 0.29) is 22.9 Å². The molecule has 0 spiro atoms. The zero-order valence-electron chi connectivity index (χ0n) is 12.2. The monoisotopic (exact) mass is 353 g/mol. The van der Waals surface area contributed by atoms with Gasteiger partial charge >= 0.3 is 0 Å². The molecule has 1 unspecified atom stereocenters. The molecule has 1 atom stereocenters. The van der Waals surface area contributed by atoms with E-state index in [1.165, 1.54) is 18.7 Å². The lowest BCUT2D eigenvalue weighted by Gasteiger charge is -2.33. The molecule has 1 aliphatic rings. The number of aromatic amines is 1. The summed E-state index contributed by atoms with van der Waals surface area (Å²) in [5.74, 6) is 0.782. The van der Waals surface area contributed by atoms with E-state index in [0.29, 0.717) is 17.1 Å². The molecule has 2 rings (SSSR count). The summed E-state index contributed by atoms with van der Waals surface area (Å²) in [7, 11) is -7.35. The van der Waals surface area contributed by atoms with Gasteiger partial charge in [0.1, 0.15) is 10.3 Å². The predicted octanol–water partition coefficient (Wildman–Crippen LogP) is 0.525. The first kappa shape index (κ1) is 16.8. The Morgan fingerprint density at radius 2 is 2.00 bits per heavy atom. The van der Waals surface area contributed by atoms with Gasteiger partial charge in [0.05, 0.1) is 11.4 Å². The van der Waals surface area contributed by atoms with Crippen LogP contribution in [-0.2, 0) is 19.9 Å². The molecule has 0 saturated carbocycles. The largest absolute Gasteiger partial charge is 0.281 e. The normalized spacial score (nSPS) is 21.6. The molecule has 10 heteroatoms. The van der Waals surface area contributed by atoms with Crippen LogP contribution < -0.4 is 0 Å². The number of sulfonamides is 1. The summed E-state index contributed by atoms with van der Waals surface area (Å²) in [4.78, 5) is 0.0886. The maximum Gasteiger partial charge on any atom is 0.247 e. The Hall–Kier alpha value is -0.580. The third-order valence-electron chi connectivity index (χ3n) is 3.48. The molecule has 0 radical (unpaired) electrons. The molecule has 7 nitrogen and oxygen atoms in total. The molecule has 1 saturated heterocycles. The van der Waals surface area contributed by atoms with Crippen molar-refractivity contribution in [3.05, 3.63) is 11.4 Å². The van der Waals surface area contributed by atoms with Crippen LogP contribution in [0.5, 0.6) is 0 Å². The van der Waals surface area contributed by atoms with E-state index in [0.717, 1.165) is 4.31 Å². The van der Waals surface area contributed by atoms with Crippen LogP contribution in [0.15, 0.2) is 4.90 Å². The van der Waals surface area contributed by atoms with Crippen molar-refractivity contribution in [3.8, 4) is 0 Å². The van der Waals surface area contributed by atoms with Gasteiger partial charge in [0.2, 0.25) is 10.0 Å². The molecule has 120 valence electrons. The highest BCUT2D eigenvalue weighted by Gasteiger charge is 2.42. The van der Waals surface area contributed by atoms with Crippen molar-refractivity contribution in [2.45, 2.75) is 31.0 Å². The van der Waals surface area contributed by atoms with Crippen molar-refractivity contribution in [1.82, 2.24) is 14.5 Å². The van der Waals surface area contributed by atoms with E-state index in [4.69, 9.17) is 0 Å². The zero-order valence-corrected chi connectivity index (χ0v) is 14.6. The second kappa shape index (κ2) is 5.90. The number of hydrogen-bond donors (Lipinski definition) is 1. The van der Waals surface area contributed by atoms with Gasteiger partial charge in [-0.15, -0.1) is 0 Å². The molecule has 1 aromatic rings. The second-order valence-corrected chi connectivity index (χ2v) is 10.3. The fraction of sp³-hybridized carbons (Fsp3) is 0.727. The molecule has 0 amide bonds. The molecular formula is C11H19N3O4S3. The predicted molar refractivity (Wildman–Crippen MR) is 82.5 cm³/mol. The quantitative estimate of drug-likeness (QED) is 0.847. The van der Waals surface area contributed by atoms with E-state index in [2.05, 4.69) is 10.2 Å². The van der Waals surface area contributed by atoms with Crippen LogP contribution in [0.1, 0.15) is 18.3 Å². The number of aromatic nitrogens is 2. The molecule has 0 bridgehead atoms. The van der Waals surface area contributed by atoms with Crippen molar-refractivity contribution in [2.75, 3.05) is 23.8 Å². The van der Waals surface area contributed by atoms with E-state index >= 15 is 0 Å². The number of nitrogens with zero attached hydrogens (tertiary/aromatic N) is 2. The third kappa shape index (κ3) is 2.99. The standard InChI is InChI=1S/C11H19N3O4S3/c1-4-20(15,16)10-7-19-6-5-14(10)21(17,18)11-8(2)12-13-9(11)3/h10H,4-7H2,1-3H3,(H,12,13). The van der Waals surface area contributed by atoms with Crippen LogP contribution in [-0.4, -0.2) is 60.5 Å². The van der Waals surface area contributed by atoms with Gasteiger partial charge in [0.25, 0.3) is 0 Å². The van der Waals surface area contributed by atoms with Gasteiger partial charge in [-0.1, -0.05) is 6.92 Å². The van der Waals surface area contributed by atoms with Crippen molar-refractivity contribution >= 4 is 31.6 Å². The summed E-state index contributed by atoms with van der Waals surface area (Å²) >= 11 is 1.46. The maximum absolute atomic E-state index is 12.9. The summed E-state index contributed by atoms with van der Waals surface area (Å²) in [6, 6.07) is 0. The molecule has 1 fully saturated rings. The number of thioether (sulfide) groups is 1. The minimum Gasteiger partial charge on any atom is -0.281 e. The fourth-order valence-corrected chi connectivity index (χ4v) is 7.94. The van der Waals surface area contributed by atoms with E-state index in [1.54, 1.807) is 13.8 Å². The van der Waals surface area contributed by atoms with Gasteiger partial charge < -0.3 is 0 Å². The van der Waals surface area contributed by atoms with Crippen molar-refractivity contribution in [1.29, 1.82) is 0 Å². The summed E-state index contributed by atoms with van der Waals surface area (Å²) in [6.07, 6.45) is 0. The molecule has 1 aromatic heterocycles. The van der Waals surface area contributed by atoms with E-state index in [9.17, 15) is 16.8 Å². The summed E-state index contributed by atoms with van der Waals surface area (Å²) in [6.45, 7) is 4.95. The van der Waals surface area contributed by atoms with E-state index < -0.39 is 25.2 Å². The van der Waals surface area contributed by atoms with Crippen molar-refractivity contribution in [3.63, 3.8) is 0 Å². The minimum atomic E-state index is -3.88. The average molecular weight is 353 g/mol. The van der Waals surface area contributed by atoms with Crippen LogP contribution in [0.3, 0.4) is 0 Å². The number of sulfone groups is 1. The van der Waals surface area contributed by atoms with Crippen LogP contribution in [0.2, 0.25) is 0 Å². The first-order valence-electron chi connectivity index (χ1n) is 6.54. The molecule has 2 heterocycles. The number of rotatable bonds is 4.